The molecule has 0 aromatic carbocycles. The van der Waals surface area contributed by atoms with E-state index in [1.165, 1.54) is 12.1 Å². The van der Waals surface area contributed by atoms with Crippen molar-refractivity contribution in [1.29, 1.82) is 0 Å². The Hall–Kier alpha value is -1.25. The van der Waals surface area contributed by atoms with E-state index in [1.54, 1.807) is 0 Å². The molecule has 3 N–H and O–H groups in total. The predicted octanol–water partition coefficient (Wildman–Crippen LogP) is -0.462. The smallest absolute Gasteiger partial charge is 0.271 e. The third-order valence-electron chi connectivity index (χ3n) is 1.76. The molecule has 17 heavy (non-hydrogen) atoms. The van der Waals surface area contributed by atoms with Gasteiger partial charge in [-0.25, -0.2) is 13.6 Å². The summed E-state index contributed by atoms with van der Waals surface area (Å²) in [6.45, 7) is 0.194. The van der Waals surface area contributed by atoms with Crippen LogP contribution in [0, 0.1) is 0 Å². The number of halogens is 1. The first-order valence-electron chi connectivity index (χ1n) is 4.66. The van der Waals surface area contributed by atoms with E-state index in [4.69, 9.17) is 16.7 Å². The quantitative estimate of drug-likeness (QED) is 0.707. The molecule has 94 valence electrons. The highest BCUT2D eigenvalue weighted by molar-refractivity contribution is 7.89. The Kier molecular flexibility index (Phi) is 4.79. The van der Waals surface area contributed by atoms with Crippen LogP contribution in [0.4, 0.5) is 0 Å². The summed E-state index contributed by atoms with van der Waals surface area (Å²) in [6.07, 6.45) is 0.242. The maximum atomic E-state index is 11.4. The van der Waals surface area contributed by atoms with Crippen LogP contribution >= 0.6 is 11.6 Å². The van der Waals surface area contributed by atoms with Gasteiger partial charge in [0, 0.05) is 6.54 Å². The summed E-state index contributed by atoms with van der Waals surface area (Å²) < 4.78 is 21.2. The summed E-state index contributed by atoms with van der Waals surface area (Å²) in [7, 11) is -3.49. The van der Waals surface area contributed by atoms with Gasteiger partial charge in [-0.15, -0.1) is 10.2 Å². The summed E-state index contributed by atoms with van der Waals surface area (Å²) >= 11 is 5.51. The number of hydrogen-bond donors (Lipinski definition) is 2. The minimum absolute atomic E-state index is 0.116. The molecule has 1 heterocycles. The number of primary sulfonamides is 1. The molecule has 1 aromatic rings. The molecule has 1 amide bonds. The zero-order valence-corrected chi connectivity index (χ0v) is 10.3. The number of aromatic nitrogens is 2. The lowest BCUT2D eigenvalue weighted by atomic mass is 10.3. The fourth-order valence-corrected chi connectivity index (χ4v) is 1.65. The average Bonchev–Trinajstić information content (AvgIpc) is 2.24. The number of nitrogens with one attached hydrogen (secondary N) is 1. The maximum absolute atomic E-state index is 11.4. The van der Waals surface area contributed by atoms with Gasteiger partial charge in [-0.2, -0.15) is 0 Å². The van der Waals surface area contributed by atoms with E-state index in [2.05, 4.69) is 15.5 Å². The SMILES string of the molecule is NS(=O)(=O)CCCNC(=O)c1ccc(Cl)nn1. The topological polar surface area (TPSA) is 115 Å². The van der Waals surface area contributed by atoms with Gasteiger partial charge in [0.15, 0.2) is 10.8 Å². The molecular weight excluding hydrogens is 268 g/mol. The van der Waals surface area contributed by atoms with Gasteiger partial charge >= 0.3 is 0 Å². The molecule has 1 aromatic heterocycles. The second kappa shape index (κ2) is 5.89. The van der Waals surface area contributed by atoms with Crippen LogP contribution < -0.4 is 10.5 Å². The minimum Gasteiger partial charge on any atom is -0.351 e. The zero-order valence-electron chi connectivity index (χ0n) is 8.76. The first-order valence-corrected chi connectivity index (χ1v) is 6.76. The normalized spacial score (nSPS) is 11.2. The van der Waals surface area contributed by atoms with Crippen molar-refractivity contribution in [2.45, 2.75) is 6.42 Å². The number of sulfonamides is 1. The third-order valence-corrected chi connectivity index (χ3v) is 2.82. The monoisotopic (exact) mass is 278 g/mol. The number of amides is 1. The molecule has 7 nitrogen and oxygen atoms in total. The molecule has 0 radical (unpaired) electrons. The van der Waals surface area contributed by atoms with Crippen LogP contribution in [0.1, 0.15) is 16.9 Å². The van der Waals surface area contributed by atoms with Crippen molar-refractivity contribution in [2.75, 3.05) is 12.3 Å². The van der Waals surface area contributed by atoms with Gasteiger partial charge in [0.2, 0.25) is 10.0 Å². The van der Waals surface area contributed by atoms with Crippen LogP contribution in [-0.4, -0.2) is 36.8 Å². The molecule has 0 aliphatic carbocycles. The molecule has 0 bridgehead atoms. The molecule has 0 aliphatic heterocycles. The number of nitrogens with zero attached hydrogens (tertiary/aromatic N) is 2. The first-order chi connectivity index (χ1) is 7.88. The van der Waals surface area contributed by atoms with Crippen LogP contribution in [0.15, 0.2) is 12.1 Å². The second-order valence-electron chi connectivity index (χ2n) is 3.22. The van der Waals surface area contributed by atoms with E-state index in [0.29, 0.717) is 0 Å². The highest BCUT2D eigenvalue weighted by Crippen LogP contribution is 2.01. The zero-order chi connectivity index (χ0) is 12.9. The fourth-order valence-electron chi connectivity index (χ4n) is 1.00. The van der Waals surface area contributed by atoms with Gasteiger partial charge in [0.25, 0.3) is 5.91 Å². The molecule has 0 spiro atoms. The van der Waals surface area contributed by atoms with E-state index >= 15 is 0 Å². The standard InChI is InChI=1S/C8H11ClN4O3S/c9-7-3-2-6(12-13-7)8(14)11-4-1-5-17(10,15)16/h2-3H,1,4-5H2,(H,11,14)(H2,10,15,16). The minimum atomic E-state index is -3.49. The Morgan fingerprint density at radius 1 is 1.41 bits per heavy atom. The van der Waals surface area contributed by atoms with Crippen molar-refractivity contribution in [1.82, 2.24) is 15.5 Å². The highest BCUT2D eigenvalue weighted by Gasteiger charge is 2.08. The summed E-state index contributed by atoms with van der Waals surface area (Å²) in [5, 5.41) is 14.6. The first kappa shape index (κ1) is 13.8. The average molecular weight is 279 g/mol. The Bertz CT molecular complexity index is 488. The van der Waals surface area contributed by atoms with E-state index in [1.807, 2.05) is 0 Å². The van der Waals surface area contributed by atoms with Crippen molar-refractivity contribution in [3.05, 3.63) is 23.0 Å². The van der Waals surface area contributed by atoms with Crippen molar-refractivity contribution in [3.63, 3.8) is 0 Å². The molecule has 0 saturated carbocycles. The van der Waals surface area contributed by atoms with E-state index in [9.17, 15) is 13.2 Å². The molecule has 0 fully saturated rings. The highest BCUT2D eigenvalue weighted by atomic mass is 35.5. The third kappa shape index (κ3) is 5.57. The van der Waals surface area contributed by atoms with Crippen LogP contribution in [0.3, 0.4) is 0 Å². The Balaban J connectivity index is 2.38. The maximum Gasteiger partial charge on any atom is 0.271 e. The summed E-state index contributed by atoms with van der Waals surface area (Å²) in [4.78, 5) is 11.4. The van der Waals surface area contributed by atoms with E-state index in [-0.39, 0.29) is 29.6 Å². The molecule has 0 unspecified atom stereocenters. The van der Waals surface area contributed by atoms with Gasteiger partial charge in [-0.1, -0.05) is 11.6 Å². The van der Waals surface area contributed by atoms with E-state index in [0.717, 1.165) is 0 Å². The number of hydrogen-bond acceptors (Lipinski definition) is 5. The lowest BCUT2D eigenvalue weighted by Crippen LogP contribution is -2.28. The summed E-state index contributed by atoms with van der Waals surface area (Å²) in [5.41, 5.74) is 0.116. The Morgan fingerprint density at radius 2 is 2.12 bits per heavy atom. The summed E-state index contributed by atoms with van der Waals surface area (Å²) in [6, 6.07) is 2.86. The lowest BCUT2D eigenvalue weighted by molar-refractivity contribution is 0.0947. The van der Waals surface area contributed by atoms with Gasteiger partial charge in [0.05, 0.1) is 5.75 Å². The van der Waals surface area contributed by atoms with Crippen LogP contribution in [0.25, 0.3) is 0 Å². The molecular formula is C8H11ClN4O3S. The van der Waals surface area contributed by atoms with Crippen LogP contribution in [0.2, 0.25) is 5.15 Å². The van der Waals surface area contributed by atoms with Gasteiger partial charge in [-0.3, -0.25) is 4.79 Å². The van der Waals surface area contributed by atoms with Crippen molar-refractivity contribution < 1.29 is 13.2 Å². The largest absolute Gasteiger partial charge is 0.351 e. The number of rotatable bonds is 5. The molecule has 9 heteroatoms. The van der Waals surface area contributed by atoms with Gasteiger partial charge in [0.1, 0.15) is 0 Å². The second-order valence-corrected chi connectivity index (χ2v) is 5.34. The van der Waals surface area contributed by atoms with Crippen LogP contribution in [0.5, 0.6) is 0 Å². The fraction of sp³-hybridized carbons (Fsp3) is 0.375. The van der Waals surface area contributed by atoms with Crippen molar-refractivity contribution in [3.8, 4) is 0 Å². The lowest BCUT2D eigenvalue weighted by Gasteiger charge is -2.03. The molecule has 0 aliphatic rings. The number of carbonyl (C=O) groups excluding carboxylic acids is 1. The van der Waals surface area contributed by atoms with E-state index < -0.39 is 15.9 Å². The summed E-state index contributed by atoms with van der Waals surface area (Å²) in [5.74, 6) is -0.622. The van der Waals surface area contributed by atoms with Gasteiger partial charge in [-0.05, 0) is 18.6 Å². The van der Waals surface area contributed by atoms with Crippen LogP contribution in [-0.2, 0) is 10.0 Å². The van der Waals surface area contributed by atoms with Crippen molar-refractivity contribution >= 4 is 27.5 Å². The number of nitrogens with two attached hydrogens (primary N) is 1. The molecule has 0 atom stereocenters. The predicted molar refractivity (Wildman–Crippen MR) is 62.0 cm³/mol. The van der Waals surface area contributed by atoms with Crippen molar-refractivity contribution in [2.24, 2.45) is 5.14 Å². The Morgan fingerprint density at radius 3 is 2.65 bits per heavy atom. The van der Waals surface area contributed by atoms with Gasteiger partial charge < -0.3 is 5.32 Å². The molecule has 0 saturated heterocycles. The number of carbonyl (C=O) groups is 1. The molecule has 1 rings (SSSR count). The Labute approximate surface area is 103 Å².